The van der Waals surface area contributed by atoms with Crippen molar-refractivity contribution in [1.29, 1.82) is 0 Å². The minimum atomic E-state index is -0.373. The normalized spacial score (nSPS) is 15.1. The van der Waals surface area contributed by atoms with Crippen LogP contribution in [0.5, 0.6) is 0 Å². The van der Waals surface area contributed by atoms with Crippen LogP contribution < -0.4 is 11.5 Å². The van der Waals surface area contributed by atoms with Gasteiger partial charge in [-0.05, 0) is 63.0 Å². The Hall–Kier alpha value is -3.10. The van der Waals surface area contributed by atoms with Gasteiger partial charge < -0.3 is 11.5 Å². The maximum absolute atomic E-state index is 13.2. The van der Waals surface area contributed by atoms with E-state index in [1.807, 2.05) is 0 Å². The lowest BCUT2D eigenvalue weighted by atomic mass is 9.86. The third kappa shape index (κ3) is 4.23. The van der Waals surface area contributed by atoms with Gasteiger partial charge in [0.15, 0.2) is 0 Å². The fourth-order valence-corrected chi connectivity index (χ4v) is 4.92. The SMILES string of the molecule is NCCCCCCN1C(=O)c2ccc3c4c(ccc(c24)C1=O)C(=O)N(CCCCCCN)C3=O. The number of hydrogen-bond acceptors (Lipinski definition) is 6. The largest absolute Gasteiger partial charge is 0.330 e. The number of nitrogens with zero attached hydrogens (tertiary/aromatic N) is 2. The van der Waals surface area contributed by atoms with E-state index in [2.05, 4.69) is 0 Å². The Kier molecular flexibility index (Phi) is 7.38. The van der Waals surface area contributed by atoms with Gasteiger partial charge in [-0.15, -0.1) is 0 Å². The summed E-state index contributed by atoms with van der Waals surface area (Å²) in [5.41, 5.74) is 12.5. The highest BCUT2D eigenvalue weighted by atomic mass is 16.2. The van der Waals surface area contributed by atoms with Crippen molar-refractivity contribution < 1.29 is 19.2 Å². The average Bonchev–Trinajstić information content (AvgIpc) is 2.84. The van der Waals surface area contributed by atoms with Crippen molar-refractivity contribution in [3.8, 4) is 0 Å². The van der Waals surface area contributed by atoms with Crippen LogP contribution in [0.15, 0.2) is 24.3 Å². The van der Waals surface area contributed by atoms with Crippen LogP contribution in [-0.2, 0) is 0 Å². The molecule has 0 fully saturated rings. The molecule has 180 valence electrons. The molecule has 8 nitrogen and oxygen atoms in total. The van der Waals surface area contributed by atoms with Crippen molar-refractivity contribution in [3.63, 3.8) is 0 Å². The summed E-state index contributed by atoms with van der Waals surface area (Å²) >= 11 is 0. The Bertz CT molecular complexity index is 984. The number of unbranched alkanes of at least 4 members (excludes halogenated alkanes) is 6. The molecule has 2 heterocycles. The van der Waals surface area contributed by atoms with Gasteiger partial charge in [-0.25, -0.2) is 0 Å². The minimum Gasteiger partial charge on any atom is -0.330 e. The maximum Gasteiger partial charge on any atom is 0.261 e. The van der Waals surface area contributed by atoms with Crippen LogP contribution in [0.25, 0.3) is 10.8 Å². The summed E-state index contributed by atoms with van der Waals surface area (Å²) in [5.74, 6) is -1.49. The Labute approximate surface area is 199 Å². The first-order valence-electron chi connectivity index (χ1n) is 12.2. The lowest BCUT2D eigenvalue weighted by molar-refractivity contribution is 0.0586. The van der Waals surface area contributed by atoms with Crippen molar-refractivity contribution in [3.05, 3.63) is 46.5 Å². The highest BCUT2D eigenvalue weighted by Gasteiger charge is 2.39. The van der Waals surface area contributed by atoms with Crippen LogP contribution >= 0.6 is 0 Å². The first-order valence-corrected chi connectivity index (χ1v) is 12.2. The van der Waals surface area contributed by atoms with Gasteiger partial charge in [-0.3, -0.25) is 29.0 Å². The quantitative estimate of drug-likeness (QED) is 0.367. The Balaban J connectivity index is 1.62. The van der Waals surface area contributed by atoms with E-state index in [0.717, 1.165) is 38.5 Å². The zero-order chi connectivity index (χ0) is 24.2. The topological polar surface area (TPSA) is 127 Å². The predicted octanol–water partition coefficient (Wildman–Crippen LogP) is 3.07. The van der Waals surface area contributed by atoms with E-state index in [4.69, 9.17) is 11.5 Å². The molecule has 0 saturated heterocycles. The van der Waals surface area contributed by atoms with E-state index in [1.54, 1.807) is 24.3 Å². The number of nitrogens with two attached hydrogens (primary N) is 2. The molecule has 0 spiro atoms. The van der Waals surface area contributed by atoms with Crippen molar-refractivity contribution in [2.75, 3.05) is 26.2 Å². The number of imide groups is 2. The van der Waals surface area contributed by atoms with Gasteiger partial charge in [0, 0.05) is 46.1 Å². The third-order valence-electron chi connectivity index (χ3n) is 6.73. The zero-order valence-electron chi connectivity index (χ0n) is 19.5. The summed E-state index contributed by atoms with van der Waals surface area (Å²) in [6.45, 7) is 1.93. The minimum absolute atomic E-state index is 0.336. The number of rotatable bonds is 12. The lowest BCUT2D eigenvalue weighted by Gasteiger charge is -2.32. The monoisotopic (exact) mass is 464 g/mol. The molecule has 0 aliphatic carbocycles. The Morgan fingerprint density at radius 3 is 1.06 bits per heavy atom. The second-order valence-electron chi connectivity index (χ2n) is 9.00. The van der Waals surface area contributed by atoms with Crippen LogP contribution in [-0.4, -0.2) is 59.6 Å². The van der Waals surface area contributed by atoms with E-state index in [9.17, 15) is 19.2 Å². The summed E-state index contributed by atoms with van der Waals surface area (Å²) in [6.07, 6.45) is 6.95. The number of amides is 4. The van der Waals surface area contributed by atoms with Gasteiger partial charge in [0.05, 0.1) is 0 Å². The summed E-state index contributed by atoms with van der Waals surface area (Å²) in [6, 6.07) is 6.48. The molecule has 0 aromatic heterocycles. The number of carbonyl (C=O) groups excluding carboxylic acids is 4. The second-order valence-corrected chi connectivity index (χ2v) is 9.00. The number of benzene rings is 2. The van der Waals surface area contributed by atoms with Gasteiger partial charge in [0.25, 0.3) is 23.6 Å². The van der Waals surface area contributed by atoms with Crippen LogP contribution in [0.1, 0.15) is 92.8 Å². The maximum atomic E-state index is 13.2. The average molecular weight is 465 g/mol. The van der Waals surface area contributed by atoms with Crippen LogP contribution in [0.4, 0.5) is 0 Å². The lowest BCUT2D eigenvalue weighted by Crippen LogP contribution is -2.43. The number of carbonyl (C=O) groups is 4. The van der Waals surface area contributed by atoms with E-state index < -0.39 is 0 Å². The molecule has 2 aliphatic heterocycles. The molecule has 0 bridgehead atoms. The molecule has 0 saturated carbocycles. The van der Waals surface area contributed by atoms with Gasteiger partial charge in [0.1, 0.15) is 0 Å². The van der Waals surface area contributed by atoms with E-state index in [1.165, 1.54) is 9.80 Å². The summed E-state index contributed by atoms with van der Waals surface area (Å²) in [7, 11) is 0. The van der Waals surface area contributed by atoms with Crippen LogP contribution in [0.2, 0.25) is 0 Å². The highest BCUT2D eigenvalue weighted by molar-refractivity contribution is 6.33. The van der Waals surface area contributed by atoms with Gasteiger partial charge in [-0.2, -0.15) is 0 Å². The molecule has 2 aliphatic rings. The molecule has 8 heteroatoms. The summed E-state index contributed by atoms with van der Waals surface area (Å²) in [4.78, 5) is 55.4. The molecule has 34 heavy (non-hydrogen) atoms. The molecular formula is C26H32N4O4. The van der Waals surface area contributed by atoms with Gasteiger partial charge in [-0.1, -0.05) is 25.7 Å². The fraction of sp³-hybridized carbons (Fsp3) is 0.462. The van der Waals surface area contributed by atoms with Crippen LogP contribution in [0, 0.1) is 0 Å². The van der Waals surface area contributed by atoms with Crippen molar-refractivity contribution >= 4 is 34.4 Å². The molecule has 0 unspecified atom stereocenters. The second kappa shape index (κ2) is 10.4. The van der Waals surface area contributed by atoms with E-state index in [-0.39, 0.29) is 23.6 Å². The smallest absolute Gasteiger partial charge is 0.261 e. The molecule has 0 atom stereocenters. The summed E-state index contributed by atoms with van der Waals surface area (Å²) < 4.78 is 0. The first kappa shape index (κ1) is 24.0. The summed E-state index contributed by atoms with van der Waals surface area (Å²) in [5, 5.41) is 0.849. The molecule has 0 radical (unpaired) electrons. The van der Waals surface area contributed by atoms with Gasteiger partial charge >= 0.3 is 0 Å². The molecule has 4 amide bonds. The highest BCUT2D eigenvalue weighted by Crippen LogP contribution is 2.38. The zero-order valence-corrected chi connectivity index (χ0v) is 19.5. The van der Waals surface area contributed by atoms with Gasteiger partial charge in [0.2, 0.25) is 0 Å². The Morgan fingerprint density at radius 1 is 0.471 bits per heavy atom. The standard InChI is InChI=1S/C26H32N4O4/c27-13-5-1-3-7-15-29-23(31)17-9-11-19-22-20(12-10-18(21(17)22)24(29)32)26(34)30(25(19)33)16-8-4-2-6-14-28/h9-12H,1-8,13-16,27-28H2. The molecule has 4 rings (SSSR count). The van der Waals surface area contributed by atoms with Crippen molar-refractivity contribution in [2.45, 2.75) is 51.4 Å². The van der Waals surface area contributed by atoms with Crippen LogP contribution in [0.3, 0.4) is 0 Å². The number of hydrogen-bond donors (Lipinski definition) is 2. The molecular weight excluding hydrogens is 432 g/mol. The predicted molar refractivity (Wildman–Crippen MR) is 130 cm³/mol. The third-order valence-corrected chi connectivity index (χ3v) is 6.73. The fourth-order valence-electron chi connectivity index (χ4n) is 4.92. The molecule has 2 aromatic carbocycles. The molecule has 2 aromatic rings. The Morgan fingerprint density at radius 2 is 0.765 bits per heavy atom. The van der Waals surface area contributed by atoms with Crippen molar-refractivity contribution in [2.24, 2.45) is 11.5 Å². The molecule has 4 N–H and O–H groups in total. The van der Waals surface area contributed by atoms with E-state index in [0.29, 0.717) is 72.0 Å². The van der Waals surface area contributed by atoms with Crippen molar-refractivity contribution in [1.82, 2.24) is 9.80 Å². The van der Waals surface area contributed by atoms with E-state index >= 15 is 0 Å². The first-order chi connectivity index (χ1) is 16.5.